The Morgan fingerprint density at radius 2 is 0.786 bits per heavy atom. The van der Waals surface area contributed by atoms with Gasteiger partial charge in [0.1, 0.15) is 0 Å². The molecule has 0 radical (unpaired) electrons. The van der Waals surface area contributed by atoms with Gasteiger partial charge in [-0.2, -0.15) is 73.5 Å². The van der Waals surface area contributed by atoms with Gasteiger partial charge in [0.15, 0.2) is 0 Å². The number of halogens is 14. The van der Waals surface area contributed by atoms with Crippen molar-refractivity contribution < 1.29 is 85.7 Å². The highest BCUT2D eigenvalue weighted by Crippen LogP contribution is 2.62. The predicted molar refractivity (Wildman–Crippen MR) is 51.9 cm³/mol. The average Bonchev–Trinajstić information content (AvgIpc) is 2.29. The lowest BCUT2D eigenvalue weighted by molar-refractivity contribution is -0.466. The zero-order valence-corrected chi connectivity index (χ0v) is 13.2. The predicted octanol–water partition coefficient (Wildman–Crippen LogP) is 3.18. The number of hydrogen-bond acceptors (Lipinski definition) is 6. The molecule has 1 unspecified atom stereocenters. The number of hydrogen-bond donors (Lipinski definition) is 0. The van der Waals surface area contributed by atoms with Crippen molar-refractivity contribution in [3.05, 3.63) is 0 Å². The van der Waals surface area contributed by atoms with E-state index >= 15 is 0 Å². The molecule has 0 saturated carbocycles. The summed E-state index contributed by atoms with van der Waals surface area (Å²) in [5, 5.41) is 0. The van der Waals surface area contributed by atoms with Gasteiger partial charge in [0.05, 0.1) is 0 Å². The number of rotatable bonds is 8. The van der Waals surface area contributed by atoms with Gasteiger partial charge in [0.25, 0.3) is 0 Å². The molecule has 0 aliphatic carbocycles. The first kappa shape index (κ1) is 26.8. The van der Waals surface area contributed by atoms with Crippen molar-refractivity contribution in [2.45, 2.75) is 35.9 Å². The van der Waals surface area contributed by atoms with Gasteiger partial charge in [-0.05, 0) is 0 Å². The Kier molecular flexibility index (Phi) is 6.41. The van der Waals surface area contributed by atoms with Gasteiger partial charge in [-0.3, -0.25) is 0 Å². The van der Waals surface area contributed by atoms with Gasteiger partial charge in [-0.25, -0.2) is 4.39 Å². The summed E-state index contributed by atoms with van der Waals surface area (Å²) < 4.78 is 220. The Balaban J connectivity index is 6.91. The van der Waals surface area contributed by atoms with E-state index in [0.29, 0.717) is 0 Å². The lowest BCUT2D eigenvalue weighted by Gasteiger charge is -2.42. The molecule has 0 rings (SSSR count). The van der Waals surface area contributed by atoms with E-state index in [1.54, 1.807) is 0 Å². The van der Waals surface area contributed by atoms with Crippen LogP contribution in [0.5, 0.6) is 0 Å². The minimum Gasteiger partial charge on any atom is -0.217 e. The molecule has 1 atom stereocenters. The lowest BCUT2D eigenvalue weighted by atomic mass is 9.89. The summed E-state index contributed by atoms with van der Waals surface area (Å²) in [5.41, 5.74) is -8.48. The third-order valence-corrected chi connectivity index (χ3v) is 3.21. The van der Waals surface area contributed by atoms with Crippen molar-refractivity contribution in [2.75, 3.05) is 0 Å². The molecule has 0 fully saturated rings. The molecule has 22 heteroatoms. The molecule has 0 saturated heterocycles. The Morgan fingerprint density at radius 1 is 0.500 bits per heavy atom. The van der Waals surface area contributed by atoms with Crippen LogP contribution in [0.15, 0.2) is 0 Å². The highest BCUT2D eigenvalue weighted by Gasteiger charge is 2.94. The summed E-state index contributed by atoms with van der Waals surface area (Å²) in [7, 11) is -15.0. The first-order valence-electron chi connectivity index (χ1n) is 5.23. The van der Waals surface area contributed by atoms with Crippen LogP contribution in [0.4, 0.5) is 60.5 Å². The van der Waals surface area contributed by atoms with Crippen LogP contribution in [0, 0.1) is 0 Å². The Labute approximate surface area is 143 Å². The Hall–Kier alpha value is -1.16. The SMILES string of the molecule is O=S(=O)(F)OC(F)(F)C(F)(F)C(F)(F)C(F)(C(F)(F)F)C(F)(F)OS(=O)(=O)F. The van der Waals surface area contributed by atoms with Crippen molar-refractivity contribution in [1.29, 1.82) is 0 Å². The van der Waals surface area contributed by atoms with Crippen LogP contribution in [0.3, 0.4) is 0 Å². The highest BCUT2D eigenvalue weighted by molar-refractivity contribution is 7.81. The zero-order valence-electron chi connectivity index (χ0n) is 11.6. The maximum Gasteiger partial charge on any atom is 0.442 e. The quantitative estimate of drug-likeness (QED) is 0.378. The minimum atomic E-state index is -8.60. The summed E-state index contributed by atoms with van der Waals surface area (Å²) in [6.45, 7) is 0. The van der Waals surface area contributed by atoms with Gasteiger partial charge >= 0.3 is 56.9 Å². The van der Waals surface area contributed by atoms with Crippen molar-refractivity contribution in [3.63, 3.8) is 0 Å². The largest absolute Gasteiger partial charge is 0.442 e. The third kappa shape index (κ3) is 4.53. The van der Waals surface area contributed by atoms with E-state index in [1.807, 2.05) is 0 Å². The fraction of sp³-hybridized carbons (Fsp3) is 1.00. The van der Waals surface area contributed by atoms with Gasteiger partial charge in [-0.1, -0.05) is 7.77 Å². The maximum atomic E-state index is 13.6. The molecule has 0 aliphatic rings. The van der Waals surface area contributed by atoms with Crippen molar-refractivity contribution in [1.82, 2.24) is 0 Å². The monoisotopic (exact) mass is 498 g/mol. The Morgan fingerprint density at radius 3 is 1.04 bits per heavy atom. The van der Waals surface area contributed by atoms with Crippen LogP contribution in [-0.4, -0.2) is 52.7 Å². The highest BCUT2D eigenvalue weighted by atomic mass is 32.3. The van der Waals surface area contributed by atoms with E-state index in [1.165, 1.54) is 8.37 Å². The summed E-state index contributed by atoms with van der Waals surface area (Å²) in [5.74, 6) is -16.9. The zero-order chi connectivity index (χ0) is 23.4. The summed E-state index contributed by atoms with van der Waals surface area (Å²) >= 11 is 0. The van der Waals surface area contributed by atoms with Crippen molar-refractivity contribution in [3.8, 4) is 0 Å². The van der Waals surface area contributed by atoms with E-state index in [4.69, 9.17) is 0 Å². The molecule has 0 aromatic heterocycles. The molecule has 0 N–H and O–H groups in total. The van der Waals surface area contributed by atoms with E-state index in [-0.39, 0.29) is 0 Å². The maximum absolute atomic E-state index is 13.6. The molecule has 170 valence electrons. The van der Waals surface area contributed by atoms with E-state index < -0.39 is 56.9 Å². The molecular formula is C6F14O6S2. The molecule has 0 bridgehead atoms. The smallest absolute Gasteiger partial charge is 0.217 e. The second kappa shape index (κ2) is 6.68. The second-order valence-electron chi connectivity index (χ2n) is 4.29. The molecule has 0 spiro atoms. The second-order valence-corrected chi connectivity index (χ2v) is 6.20. The standard InChI is InChI=1S/C6F14O6S2/c7-1(4(12,13)14,5(15,16)25-27(19,21)22)2(8,9)3(10,11)6(17,18)26-28(20,23)24. The molecule has 0 aliphatic heterocycles. The normalized spacial score (nSPS) is 18.1. The third-order valence-electron chi connectivity index (χ3n) is 2.39. The van der Waals surface area contributed by atoms with Gasteiger partial charge in [0, 0.05) is 0 Å². The van der Waals surface area contributed by atoms with Crippen LogP contribution in [0.2, 0.25) is 0 Å². The molecule has 0 aromatic rings. The first-order valence-corrected chi connectivity index (χ1v) is 7.85. The van der Waals surface area contributed by atoms with Crippen LogP contribution in [0.25, 0.3) is 0 Å². The van der Waals surface area contributed by atoms with Gasteiger partial charge < -0.3 is 0 Å². The van der Waals surface area contributed by atoms with E-state index in [0.717, 1.165) is 0 Å². The Bertz CT molecular complexity index is 799. The van der Waals surface area contributed by atoms with Crippen LogP contribution in [0.1, 0.15) is 0 Å². The summed E-state index contributed by atoms with van der Waals surface area (Å²) in [6, 6.07) is 0. The van der Waals surface area contributed by atoms with Crippen LogP contribution in [-0.2, 0) is 29.4 Å². The van der Waals surface area contributed by atoms with Crippen molar-refractivity contribution in [2.24, 2.45) is 0 Å². The lowest BCUT2D eigenvalue weighted by Crippen LogP contribution is -2.75. The summed E-state index contributed by atoms with van der Waals surface area (Å²) in [4.78, 5) is 0. The summed E-state index contributed by atoms with van der Waals surface area (Å²) in [6.07, 6.45) is -23.7. The first-order chi connectivity index (χ1) is 11.7. The molecular weight excluding hydrogens is 498 g/mol. The van der Waals surface area contributed by atoms with E-state index in [2.05, 4.69) is 0 Å². The molecule has 0 aromatic carbocycles. The molecule has 28 heavy (non-hydrogen) atoms. The van der Waals surface area contributed by atoms with Crippen LogP contribution >= 0.6 is 0 Å². The average molecular weight is 498 g/mol. The van der Waals surface area contributed by atoms with Crippen molar-refractivity contribution >= 4 is 21.0 Å². The van der Waals surface area contributed by atoms with Gasteiger partial charge in [-0.15, -0.1) is 0 Å². The number of alkyl halides is 12. The van der Waals surface area contributed by atoms with Gasteiger partial charge in [0.2, 0.25) is 0 Å². The fourth-order valence-corrected chi connectivity index (χ4v) is 2.00. The van der Waals surface area contributed by atoms with E-state index in [9.17, 15) is 77.3 Å². The topological polar surface area (TPSA) is 86.7 Å². The minimum absolute atomic E-state index is 1.40. The molecule has 6 nitrogen and oxygen atoms in total. The molecule has 0 heterocycles. The van der Waals surface area contributed by atoms with Crippen LogP contribution < -0.4 is 0 Å². The molecule has 0 amide bonds. The fourth-order valence-electron chi connectivity index (χ4n) is 1.28.